The van der Waals surface area contributed by atoms with Gasteiger partial charge in [-0.1, -0.05) is 15.9 Å². The van der Waals surface area contributed by atoms with Crippen molar-refractivity contribution in [3.8, 4) is 0 Å². The average Bonchev–Trinajstić information content (AvgIpc) is 2.55. The van der Waals surface area contributed by atoms with Gasteiger partial charge in [-0.05, 0) is 38.1 Å². The van der Waals surface area contributed by atoms with Crippen molar-refractivity contribution in [1.29, 1.82) is 0 Å². The molecule has 0 N–H and O–H groups in total. The zero-order valence-electron chi connectivity index (χ0n) is 9.87. The van der Waals surface area contributed by atoms with Crippen LogP contribution in [-0.4, -0.2) is 17.1 Å². The second kappa shape index (κ2) is 4.92. The number of carbonyl (C=O) groups is 1. The minimum atomic E-state index is -0.198. The number of nitrogens with zero attached hydrogens (tertiary/aromatic N) is 1. The highest BCUT2D eigenvalue weighted by Crippen LogP contribution is 2.23. The standard InChI is InChI=1S/C13H14BrNO2/c1-3-17-13(16)8-15-9(2)6-10-7-11(14)4-5-12(10)15/h4-7H,3,8H2,1-2H3. The molecular formula is C13H14BrNO2. The van der Waals surface area contributed by atoms with E-state index in [1.54, 1.807) is 0 Å². The quantitative estimate of drug-likeness (QED) is 0.814. The van der Waals surface area contributed by atoms with Gasteiger partial charge in [0, 0.05) is 21.1 Å². The van der Waals surface area contributed by atoms with Crippen molar-refractivity contribution in [3.63, 3.8) is 0 Å². The van der Waals surface area contributed by atoms with Gasteiger partial charge in [0.05, 0.1) is 6.61 Å². The van der Waals surface area contributed by atoms with Gasteiger partial charge in [-0.15, -0.1) is 0 Å². The number of aromatic nitrogens is 1. The second-order valence-corrected chi connectivity index (χ2v) is 4.80. The number of hydrogen-bond acceptors (Lipinski definition) is 2. The van der Waals surface area contributed by atoms with Crippen LogP contribution in [0.5, 0.6) is 0 Å². The van der Waals surface area contributed by atoms with Crippen molar-refractivity contribution in [1.82, 2.24) is 4.57 Å². The minimum Gasteiger partial charge on any atom is -0.465 e. The smallest absolute Gasteiger partial charge is 0.325 e. The van der Waals surface area contributed by atoms with Crippen molar-refractivity contribution in [2.24, 2.45) is 0 Å². The molecule has 3 nitrogen and oxygen atoms in total. The maximum Gasteiger partial charge on any atom is 0.325 e. The topological polar surface area (TPSA) is 31.2 Å². The number of halogens is 1. The molecule has 0 saturated heterocycles. The molecule has 17 heavy (non-hydrogen) atoms. The Bertz CT molecular complexity index is 560. The molecule has 4 heteroatoms. The Morgan fingerprint density at radius 2 is 2.18 bits per heavy atom. The Balaban J connectivity index is 2.39. The fourth-order valence-electron chi connectivity index (χ4n) is 1.93. The van der Waals surface area contributed by atoms with Gasteiger partial charge in [0.2, 0.25) is 0 Å². The Morgan fingerprint density at radius 3 is 2.88 bits per heavy atom. The first kappa shape index (κ1) is 12.2. The van der Waals surface area contributed by atoms with Crippen LogP contribution < -0.4 is 0 Å². The maximum atomic E-state index is 11.5. The van der Waals surface area contributed by atoms with E-state index in [1.807, 2.05) is 36.6 Å². The summed E-state index contributed by atoms with van der Waals surface area (Å²) in [5, 5.41) is 1.13. The van der Waals surface area contributed by atoms with Crippen molar-refractivity contribution >= 4 is 32.8 Å². The summed E-state index contributed by atoms with van der Waals surface area (Å²) >= 11 is 3.44. The number of aryl methyl sites for hydroxylation is 1. The van der Waals surface area contributed by atoms with Crippen LogP contribution in [0, 0.1) is 6.92 Å². The number of esters is 1. The summed E-state index contributed by atoms with van der Waals surface area (Å²) in [4.78, 5) is 11.5. The van der Waals surface area contributed by atoms with Crippen LogP contribution in [0.3, 0.4) is 0 Å². The number of hydrogen-bond donors (Lipinski definition) is 0. The van der Waals surface area contributed by atoms with E-state index in [0.717, 1.165) is 21.1 Å². The second-order valence-electron chi connectivity index (χ2n) is 3.88. The number of rotatable bonds is 3. The van der Waals surface area contributed by atoms with Crippen LogP contribution in [-0.2, 0) is 16.1 Å². The molecule has 1 heterocycles. The summed E-state index contributed by atoms with van der Waals surface area (Å²) in [6.45, 7) is 4.50. The van der Waals surface area contributed by atoms with Gasteiger partial charge in [-0.2, -0.15) is 0 Å². The highest BCUT2D eigenvalue weighted by Gasteiger charge is 2.10. The molecule has 0 amide bonds. The normalized spacial score (nSPS) is 10.8. The average molecular weight is 296 g/mol. The molecule has 0 aliphatic rings. The molecule has 1 aromatic carbocycles. The van der Waals surface area contributed by atoms with Crippen LogP contribution in [0.25, 0.3) is 10.9 Å². The summed E-state index contributed by atoms with van der Waals surface area (Å²) in [6, 6.07) is 8.10. The number of benzene rings is 1. The maximum absolute atomic E-state index is 11.5. The monoisotopic (exact) mass is 295 g/mol. The highest BCUT2D eigenvalue weighted by molar-refractivity contribution is 9.10. The molecule has 0 fully saturated rings. The van der Waals surface area contributed by atoms with Crippen LogP contribution in [0.2, 0.25) is 0 Å². The molecule has 0 atom stereocenters. The molecule has 2 rings (SSSR count). The lowest BCUT2D eigenvalue weighted by molar-refractivity contribution is -0.143. The molecule has 1 aromatic heterocycles. The van der Waals surface area contributed by atoms with Crippen LogP contribution >= 0.6 is 15.9 Å². The molecule has 0 aliphatic carbocycles. The molecule has 0 aliphatic heterocycles. The molecule has 0 spiro atoms. The van der Waals surface area contributed by atoms with Crippen molar-refractivity contribution in [2.45, 2.75) is 20.4 Å². The van der Waals surface area contributed by atoms with E-state index in [1.165, 1.54) is 0 Å². The highest BCUT2D eigenvalue weighted by atomic mass is 79.9. The molecule has 2 aromatic rings. The van der Waals surface area contributed by atoms with Gasteiger partial charge >= 0.3 is 5.97 Å². The number of ether oxygens (including phenoxy) is 1. The van der Waals surface area contributed by atoms with Crippen LogP contribution in [0.4, 0.5) is 0 Å². The zero-order chi connectivity index (χ0) is 12.4. The zero-order valence-corrected chi connectivity index (χ0v) is 11.5. The van der Waals surface area contributed by atoms with E-state index in [0.29, 0.717) is 6.61 Å². The van der Waals surface area contributed by atoms with Gasteiger partial charge in [-0.3, -0.25) is 4.79 Å². The third-order valence-corrected chi connectivity index (χ3v) is 3.16. The molecule has 0 radical (unpaired) electrons. The molecule has 0 saturated carbocycles. The van der Waals surface area contributed by atoms with Crippen molar-refractivity contribution in [3.05, 3.63) is 34.4 Å². The van der Waals surface area contributed by atoms with E-state index in [-0.39, 0.29) is 12.5 Å². The molecule has 0 unspecified atom stereocenters. The first-order valence-electron chi connectivity index (χ1n) is 5.53. The Labute approximate surface area is 108 Å². The lowest BCUT2D eigenvalue weighted by Gasteiger charge is -2.07. The molecule has 90 valence electrons. The summed E-state index contributed by atoms with van der Waals surface area (Å²) in [5.74, 6) is -0.198. The largest absolute Gasteiger partial charge is 0.465 e. The summed E-state index contributed by atoms with van der Waals surface area (Å²) in [5.41, 5.74) is 2.12. The molecular weight excluding hydrogens is 282 g/mol. The van der Waals surface area contributed by atoms with Crippen LogP contribution in [0.1, 0.15) is 12.6 Å². The third kappa shape index (κ3) is 2.52. The predicted octanol–water partition coefficient (Wildman–Crippen LogP) is 3.28. The van der Waals surface area contributed by atoms with Gasteiger partial charge in [-0.25, -0.2) is 0 Å². The van der Waals surface area contributed by atoms with Gasteiger partial charge < -0.3 is 9.30 Å². The van der Waals surface area contributed by atoms with E-state index < -0.39 is 0 Å². The van der Waals surface area contributed by atoms with Crippen molar-refractivity contribution in [2.75, 3.05) is 6.61 Å². The first-order valence-corrected chi connectivity index (χ1v) is 6.32. The van der Waals surface area contributed by atoms with Gasteiger partial charge in [0.25, 0.3) is 0 Å². The Morgan fingerprint density at radius 1 is 1.41 bits per heavy atom. The Kier molecular flexibility index (Phi) is 3.52. The van der Waals surface area contributed by atoms with Crippen molar-refractivity contribution < 1.29 is 9.53 Å². The third-order valence-electron chi connectivity index (χ3n) is 2.66. The summed E-state index contributed by atoms with van der Waals surface area (Å²) < 4.78 is 7.99. The van der Waals surface area contributed by atoms with E-state index in [4.69, 9.17) is 4.74 Å². The van der Waals surface area contributed by atoms with E-state index in [2.05, 4.69) is 22.0 Å². The van der Waals surface area contributed by atoms with E-state index >= 15 is 0 Å². The Hall–Kier alpha value is -1.29. The molecule has 0 bridgehead atoms. The lowest BCUT2D eigenvalue weighted by atomic mass is 10.2. The predicted molar refractivity (Wildman–Crippen MR) is 71.0 cm³/mol. The number of carbonyl (C=O) groups excluding carboxylic acids is 1. The lowest BCUT2D eigenvalue weighted by Crippen LogP contribution is -2.14. The van der Waals surface area contributed by atoms with E-state index in [9.17, 15) is 4.79 Å². The fourth-order valence-corrected chi connectivity index (χ4v) is 2.30. The van der Waals surface area contributed by atoms with Gasteiger partial charge in [0.15, 0.2) is 0 Å². The van der Waals surface area contributed by atoms with Crippen LogP contribution in [0.15, 0.2) is 28.7 Å². The fraction of sp³-hybridized carbons (Fsp3) is 0.308. The first-order chi connectivity index (χ1) is 8.11. The van der Waals surface area contributed by atoms with Gasteiger partial charge in [0.1, 0.15) is 6.54 Å². The number of fused-ring (bicyclic) bond motifs is 1. The summed E-state index contributed by atoms with van der Waals surface area (Å²) in [7, 11) is 0. The SMILES string of the molecule is CCOC(=O)Cn1c(C)cc2cc(Br)ccc21. The minimum absolute atomic E-state index is 0.198. The summed E-state index contributed by atoms with van der Waals surface area (Å²) in [6.07, 6.45) is 0.